The maximum Gasteiger partial charge on any atom is 0.433 e. The van der Waals surface area contributed by atoms with E-state index >= 15 is 0 Å². The Kier molecular flexibility index (Phi) is 3.29. The van der Waals surface area contributed by atoms with Gasteiger partial charge in [0.1, 0.15) is 5.69 Å². The van der Waals surface area contributed by atoms with Gasteiger partial charge in [0.2, 0.25) is 5.28 Å². The van der Waals surface area contributed by atoms with Gasteiger partial charge in [0.25, 0.3) is 0 Å². The van der Waals surface area contributed by atoms with Crippen molar-refractivity contribution in [2.24, 2.45) is 0 Å². The number of aromatic nitrogens is 2. The third-order valence-corrected chi connectivity index (χ3v) is 3.20. The largest absolute Gasteiger partial charge is 0.433 e. The molecule has 2 nitrogen and oxygen atoms in total. The highest BCUT2D eigenvalue weighted by Crippen LogP contribution is 2.31. The molecule has 0 saturated carbocycles. The molecule has 0 amide bonds. The predicted molar refractivity (Wildman–Crippen MR) is 75.0 cm³/mol. The fraction of sp³-hybridized carbons (Fsp3) is 0.0667. The Morgan fingerprint density at radius 1 is 0.857 bits per heavy atom. The second-order valence-electron chi connectivity index (χ2n) is 4.47. The highest BCUT2D eigenvalue weighted by atomic mass is 35.5. The SMILES string of the molecule is FC(F)(F)c1cc(-c2ccc3ccccc3c2)nc(Cl)n1. The number of rotatable bonds is 1. The van der Waals surface area contributed by atoms with Crippen LogP contribution in [0.1, 0.15) is 5.69 Å². The summed E-state index contributed by atoms with van der Waals surface area (Å²) in [6.45, 7) is 0. The number of halogens is 4. The van der Waals surface area contributed by atoms with E-state index in [2.05, 4.69) is 9.97 Å². The van der Waals surface area contributed by atoms with Crippen LogP contribution in [-0.2, 0) is 6.18 Å². The summed E-state index contributed by atoms with van der Waals surface area (Å²) < 4.78 is 38.3. The topological polar surface area (TPSA) is 25.8 Å². The zero-order valence-corrected chi connectivity index (χ0v) is 11.3. The number of hydrogen-bond acceptors (Lipinski definition) is 2. The Hall–Kier alpha value is -2.14. The fourth-order valence-corrected chi connectivity index (χ4v) is 2.24. The Morgan fingerprint density at radius 2 is 1.57 bits per heavy atom. The summed E-state index contributed by atoms with van der Waals surface area (Å²) in [4.78, 5) is 7.10. The van der Waals surface area contributed by atoms with Gasteiger partial charge in [-0.25, -0.2) is 9.97 Å². The van der Waals surface area contributed by atoms with E-state index < -0.39 is 17.2 Å². The van der Waals surface area contributed by atoms with Gasteiger partial charge >= 0.3 is 6.18 Å². The molecule has 0 aliphatic rings. The van der Waals surface area contributed by atoms with E-state index in [1.54, 1.807) is 12.1 Å². The van der Waals surface area contributed by atoms with E-state index in [1.165, 1.54) is 0 Å². The van der Waals surface area contributed by atoms with Crippen LogP contribution < -0.4 is 0 Å². The van der Waals surface area contributed by atoms with Gasteiger partial charge in [-0.05, 0) is 34.5 Å². The van der Waals surface area contributed by atoms with Gasteiger partial charge in [0.05, 0.1) is 5.69 Å². The summed E-state index contributed by atoms with van der Waals surface area (Å²) in [7, 11) is 0. The summed E-state index contributed by atoms with van der Waals surface area (Å²) in [6, 6.07) is 13.8. The molecule has 0 atom stereocenters. The van der Waals surface area contributed by atoms with Crippen LogP contribution in [0.4, 0.5) is 13.2 Å². The molecule has 1 aromatic heterocycles. The van der Waals surface area contributed by atoms with Crippen molar-refractivity contribution in [3.8, 4) is 11.3 Å². The summed E-state index contributed by atoms with van der Waals surface area (Å²) >= 11 is 5.60. The van der Waals surface area contributed by atoms with E-state index in [0.29, 0.717) is 5.56 Å². The minimum absolute atomic E-state index is 0.146. The van der Waals surface area contributed by atoms with Gasteiger partial charge in [-0.3, -0.25) is 0 Å². The van der Waals surface area contributed by atoms with Gasteiger partial charge in [0, 0.05) is 5.56 Å². The first kappa shape index (κ1) is 13.8. The molecule has 0 radical (unpaired) electrons. The van der Waals surface area contributed by atoms with E-state index in [4.69, 9.17) is 11.6 Å². The van der Waals surface area contributed by atoms with Crippen molar-refractivity contribution >= 4 is 22.4 Å². The van der Waals surface area contributed by atoms with E-state index in [-0.39, 0.29) is 5.69 Å². The molecule has 6 heteroatoms. The Balaban J connectivity index is 2.16. The third-order valence-electron chi connectivity index (χ3n) is 3.03. The van der Waals surface area contributed by atoms with Crippen molar-refractivity contribution in [3.05, 3.63) is 59.5 Å². The second-order valence-corrected chi connectivity index (χ2v) is 4.81. The molecular weight excluding hydrogens is 301 g/mol. The Morgan fingerprint density at radius 3 is 2.29 bits per heavy atom. The van der Waals surface area contributed by atoms with Gasteiger partial charge in [-0.15, -0.1) is 0 Å². The molecule has 0 N–H and O–H groups in total. The standard InChI is InChI=1S/C15H8ClF3N2/c16-14-20-12(8-13(21-14)15(17,18)19)11-6-5-9-3-1-2-4-10(9)7-11/h1-8H. The van der Waals surface area contributed by atoms with Crippen molar-refractivity contribution in [2.75, 3.05) is 0 Å². The molecule has 21 heavy (non-hydrogen) atoms. The Bertz CT molecular complexity index is 815. The normalized spacial score (nSPS) is 11.8. The maximum absolute atomic E-state index is 12.8. The molecule has 0 unspecified atom stereocenters. The fourth-order valence-electron chi connectivity index (χ4n) is 2.06. The van der Waals surface area contributed by atoms with Crippen LogP contribution in [0.2, 0.25) is 5.28 Å². The molecule has 0 fully saturated rings. The summed E-state index contributed by atoms with van der Waals surface area (Å²) in [5.74, 6) is 0. The second kappa shape index (κ2) is 5.00. The first-order chi connectivity index (χ1) is 9.93. The minimum atomic E-state index is -4.56. The number of alkyl halides is 3. The van der Waals surface area contributed by atoms with E-state index in [9.17, 15) is 13.2 Å². The van der Waals surface area contributed by atoms with E-state index in [0.717, 1.165) is 16.8 Å². The van der Waals surface area contributed by atoms with Gasteiger partial charge in [-0.1, -0.05) is 36.4 Å². The van der Waals surface area contributed by atoms with Crippen LogP contribution in [0.5, 0.6) is 0 Å². The van der Waals surface area contributed by atoms with Crippen LogP contribution in [0, 0.1) is 0 Å². The van der Waals surface area contributed by atoms with Crippen LogP contribution in [0.25, 0.3) is 22.0 Å². The van der Waals surface area contributed by atoms with Crippen molar-refractivity contribution in [2.45, 2.75) is 6.18 Å². The monoisotopic (exact) mass is 308 g/mol. The first-order valence-corrected chi connectivity index (χ1v) is 6.42. The smallest absolute Gasteiger partial charge is 0.218 e. The molecule has 2 aromatic carbocycles. The summed E-state index contributed by atoms with van der Waals surface area (Å²) in [6.07, 6.45) is -4.56. The lowest BCUT2D eigenvalue weighted by molar-refractivity contribution is -0.141. The highest BCUT2D eigenvalue weighted by Gasteiger charge is 2.33. The number of benzene rings is 2. The lowest BCUT2D eigenvalue weighted by Crippen LogP contribution is -2.09. The number of nitrogens with zero attached hydrogens (tertiary/aromatic N) is 2. The van der Waals surface area contributed by atoms with Gasteiger partial charge in [0.15, 0.2) is 0 Å². The van der Waals surface area contributed by atoms with Crippen LogP contribution >= 0.6 is 11.6 Å². The summed E-state index contributed by atoms with van der Waals surface area (Å²) in [5, 5.41) is 1.49. The summed E-state index contributed by atoms with van der Waals surface area (Å²) in [5.41, 5.74) is -0.345. The average Bonchev–Trinajstić information content (AvgIpc) is 2.45. The lowest BCUT2D eigenvalue weighted by Gasteiger charge is -2.09. The molecule has 3 rings (SSSR count). The zero-order valence-electron chi connectivity index (χ0n) is 10.5. The highest BCUT2D eigenvalue weighted by molar-refractivity contribution is 6.28. The minimum Gasteiger partial charge on any atom is -0.218 e. The molecule has 1 heterocycles. The molecule has 0 spiro atoms. The third kappa shape index (κ3) is 2.83. The van der Waals surface area contributed by atoms with Crippen molar-refractivity contribution < 1.29 is 13.2 Å². The molecule has 0 saturated heterocycles. The lowest BCUT2D eigenvalue weighted by atomic mass is 10.0. The number of fused-ring (bicyclic) bond motifs is 1. The average molecular weight is 309 g/mol. The maximum atomic E-state index is 12.8. The van der Waals surface area contributed by atoms with Crippen molar-refractivity contribution in [1.29, 1.82) is 0 Å². The molecule has 106 valence electrons. The van der Waals surface area contributed by atoms with Crippen molar-refractivity contribution in [1.82, 2.24) is 9.97 Å². The van der Waals surface area contributed by atoms with Crippen LogP contribution in [0.15, 0.2) is 48.5 Å². The van der Waals surface area contributed by atoms with Crippen LogP contribution in [0.3, 0.4) is 0 Å². The first-order valence-electron chi connectivity index (χ1n) is 6.04. The zero-order chi connectivity index (χ0) is 15.0. The van der Waals surface area contributed by atoms with Crippen molar-refractivity contribution in [3.63, 3.8) is 0 Å². The van der Waals surface area contributed by atoms with Gasteiger partial charge < -0.3 is 0 Å². The molecular formula is C15H8ClF3N2. The van der Waals surface area contributed by atoms with Crippen LogP contribution in [-0.4, -0.2) is 9.97 Å². The van der Waals surface area contributed by atoms with E-state index in [1.807, 2.05) is 30.3 Å². The molecule has 0 aliphatic carbocycles. The molecule has 0 aliphatic heterocycles. The Labute approximate surface area is 123 Å². The molecule has 3 aromatic rings. The molecule has 0 bridgehead atoms. The predicted octanol–water partition coefficient (Wildman–Crippen LogP) is 4.97. The quantitative estimate of drug-likeness (QED) is 0.593. The van der Waals surface area contributed by atoms with Gasteiger partial charge in [-0.2, -0.15) is 13.2 Å². The number of hydrogen-bond donors (Lipinski definition) is 0.